The largest absolute Gasteiger partial charge is 0.457 e. The van der Waals surface area contributed by atoms with Crippen LogP contribution in [0.5, 0.6) is 0 Å². The molecule has 2 saturated heterocycles. The van der Waals surface area contributed by atoms with Crippen LogP contribution in [-0.2, 0) is 15.8 Å². The van der Waals surface area contributed by atoms with Gasteiger partial charge in [-0.05, 0) is 42.8 Å². The molecular formula is C21H17F3N2O4S. The van der Waals surface area contributed by atoms with Gasteiger partial charge < -0.3 is 9.32 Å². The van der Waals surface area contributed by atoms with Crippen LogP contribution in [-0.4, -0.2) is 46.5 Å². The number of furan rings is 1. The lowest BCUT2D eigenvalue weighted by atomic mass is 10.1. The van der Waals surface area contributed by atoms with E-state index in [0.29, 0.717) is 24.9 Å². The molecule has 4 rings (SSSR count). The Kier molecular flexibility index (Phi) is 5.65. The van der Waals surface area contributed by atoms with Gasteiger partial charge in [0.2, 0.25) is 5.91 Å². The lowest BCUT2D eigenvalue weighted by molar-refractivity contribution is -0.137. The smallest absolute Gasteiger partial charge is 0.417 e. The van der Waals surface area contributed by atoms with E-state index >= 15 is 0 Å². The van der Waals surface area contributed by atoms with Gasteiger partial charge in [-0.15, -0.1) is 0 Å². The SMILES string of the molecule is O=C(CN1C(=O)S/C(=C/c2ccc(-c3ccccc3C(F)(F)F)o2)C1=O)N1CCCC1. The Morgan fingerprint density at radius 2 is 1.81 bits per heavy atom. The Balaban J connectivity index is 1.53. The highest BCUT2D eigenvalue weighted by molar-refractivity contribution is 8.18. The Morgan fingerprint density at radius 1 is 1.10 bits per heavy atom. The van der Waals surface area contributed by atoms with E-state index in [-0.39, 0.29) is 34.4 Å². The Labute approximate surface area is 179 Å². The Hall–Kier alpha value is -3.01. The first-order chi connectivity index (χ1) is 14.7. The molecule has 0 aliphatic carbocycles. The average Bonchev–Trinajstić information content (AvgIpc) is 3.46. The molecule has 2 aromatic rings. The minimum absolute atomic E-state index is 0.0115. The number of thioether (sulfide) groups is 1. The molecule has 6 nitrogen and oxygen atoms in total. The van der Waals surface area contributed by atoms with E-state index in [1.807, 2.05) is 0 Å². The molecule has 0 radical (unpaired) electrons. The summed E-state index contributed by atoms with van der Waals surface area (Å²) in [6.07, 6.45) is -1.46. The summed E-state index contributed by atoms with van der Waals surface area (Å²) in [6, 6.07) is 7.80. The molecule has 3 amide bonds. The lowest BCUT2D eigenvalue weighted by Crippen LogP contribution is -2.40. The van der Waals surface area contributed by atoms with E-state index in [4.69, 9.17) is 4.42 Å². The van der Waals surface area contributed by atoms with Gasteiger partial charge in [0.05, 0.1) is 10.5 Å². The van der Waals surface area contributed by atoms with Crippen LogP contribution in [0, 0.1) is 0 Å². The first-order valence-corrected chi connectivity index (χ1v) is 10.4. The molecular weight excluding hydrogens is 433 g/mol. The summed E-state index contributed by atoms with van der Waals surface area (Å²) in [6.45, 7) is 0.892. The highest BCUT2D eigenvalue weighted by atomic mass is 32.2. The zero-order valence-electron chi connectivity index (χ0n) is 16.1. The molecule has 0 bridgehead atoms. The molecule has 1 aromatic heterocycles. The number of hydrogen-bond donors (Lipinski definition) is 0. The summed E-state index contributed by atoms with van der Waals surface area (Å²) in [5.41, 5.74) is -0.962. The zero-order chi connectivity index (χ0) is 22.2. The molecule has 2 aliphatic rings. The first kappa shape index (κ1) is 21.2. The number of hydrogen-bond acceptors (Lipinski definition) is 5. The van der Waals surface area contributed by atoms with Crippen LogP contribution in [0.2, 0.25) is 0 Å². The molecule has 1 aromatic carbocycles. The van der Waals surface area contributed by atoms with Crippen LogP contribution in [0.1, 0.15) is 24.2 Å². The van der Waals surface area contributed by atoms with Gasteiger partial charge in [-0.1, -0.05) is 18.2 Å². The van der Waals surface area contributed by atoms with Crippen LogP contribution in [0.3, 0.4) is 0 Å². The van der Waals surface area contributed by atoms with Crippen molar-refractivity contribution >= 4 is 34.9 Å². The molecule has 0 spiro atoms. The monoisotopic (exact) mass is 450 g/mol. The second-order valence-electron chi connectivity index (χ2n) is 7.10. The van der Waals surface area contributed by atoms with Crippen molar-refractivity contribution in [2.45, 2.75) is 19.0 Å². The topological polar surface area (TPSA) is 70.8 Å². The normalized spacial score (nSPS) is 18.5. The first-order valence-electron chi connectivity index (χ1n) is 9.53. The van der Waals surface area contributed by atoms with Gasteiger partial charge in [0.1, 0.15) is 18.1 Å². The molecule has 0 saturated carbocycles. The van der Waals surface area contributed by atoms with Gasteiger partial charge in [0.25, 0.3) is 11.1 Å². The summed E-state index contributed by atoms with van der Waals surface area (Å²) in [4.78, 5) is 39.6. The number of amides is 3. The quantitative estimate of drug-likeness (QED) is 0.636. The second kappa shape index (κ2) is 8.26. The van der Waals surface area contributed by atoms with E-state index in [9.17, 15) is 27.6 Å². The third kappa shape index (κ3) is 4.39. The number of carbonyl (C=O) groups is 3. The predicted octanol–water partition coefficient (Wildman–Crippen LogP) is 4.62. The summed E-state index contributed by atoms with van der Waals surface area (Å²) in [5, 5.41) is -0.571. The van der Waals surface area contributed by atoms with Crippen LogP contribution in [0.15, 0.2) is 45.7 Å². The number of nitrogens with zero attached hydrogens (tertiary/aromatic N) is 2. The maximum absolute atomic E-state index is 13.2. The summed E-state index contributed by atoms with van der Waals surface area (Å²) < 4.78 is 45.2. The third-order valence-corrected chi connectivity index (χ3v) is 5.93. The van der Waals surface area contributed by atoms with Crippen molar-refractivity contribution in [3.05, 3.63) is 52.6 Å². The van der Waals surface area contributed by atoms with Crippen molar-refractivity contribution in [2.75, 3.05) is 19.6 Å². The van der Waals surface area contributed by atoms with Crippen molar-refractivity contribution in [2.24, 2.45) is 0 Å². The summed E-state index contributed by atoms with van der Waals surface area (Å²) in [7, 11) is 0. The number of imide groups is 1. The van der Waals surface area contributed by atoms with Crippen molar-refractivity contribution < 1.29 is 32.0 Å². The molecule has 31 heavy (non-hydrogen) atoms. The van der Waals surface area contributed by atoms with Gasteiger partial charge in [-0.3, -0.25) is 19.3 Å². The number of likely N-dealkylation sites (tertiary alicyclic amines) is 1. The van der Waals surface area contributed by atoms with Crippen molar-refractivity contribution in [1.29, 1.82) is 0 Å². The second-order valence-corrected chi connectivity index (χ2v) is 8.09. The molecule has 0 atom stereocenters. The molecule has 162 valence electrons. The van der Waals surface area contributed by atoms with Crippen LogP contribution in [0.25, 0.3) is 17.4 Å². The number of alkyl halides is 3. The van der Waals surface area contributed by atoms with E-state index in [0.717, 1.165) is 23.8 Å². The van der Waals surface area contributed by atoms with E-state index < -0.39 is 22.9 Å². The Bertz CT molecular complexity index is 1070. The van der Waals surface area contributed by atoms with Crippen LogP contribution < -0.4 is 0 Å². The van der Waals surface area contributed by atoms with Crippen LogP contribution >= 0.6 is 11.8 Å². The lowest BCUT2D eigenvalue weighted by Gasteiger charge is -2.18. The maximum Gasteiger partial charge on any atom is 0.417 e. The van der Waals surface area contributed by atoms with Gasteiger partial charge in [-0.2, -0.15) is 13.2 Å². The molecule has 0 N–H and O–H groups in total. The minimum Gasteiger partial charge on any atom is -0.457 e. The van der Waals surface area contributed by atoms with Gasteiger partial charge in [0.15, 0.2) is 0 Å². The molecule has 0 unspecified atom stereocenters. The minimum atomic E-state index is -4.55. The van der Waals surface area contributed by atoms with E-state index in [1.165, 1.54) is 36.4 Å². The van der Waals surface area contributed by atoms with Gasteiger partial charge in [0, 0.05) is 24.7 Å². The fourth-order valence-electron chi connectivity index (χ4n) is 3.49. The van der Waals surface area contributed by atoms with E-state index in [2.05, 4.69) is 0 Å². The molecule has 10 heteroatoms. The average molecular weight is 450 g/mol. The molecule has 2 fully saturated rings. The number of carbonyl (C=O) groups excluding carboxylic acids is 3. The van der Waals surface area contributed by atoms with Gasteiger partial charge in [-0.25, -0.2) is 0 Å². The predicted molar refractivity (Wildman–Crippen MR) is 108 cm³/mol. The molecule has 2 aliphatic heterocycles. The van der Waals surface area contributed by atoms with Crippen LogP contribution in [0.4, 0.5) is 18.0 Å². The highest BCUT2D eigenvalue weighted by Crippen LogP contribution is 2.38. The maximum atomic E-state index is 13.2. The number of benzene rings is 1. The van der Waals surface area contributed by atoms with Crippen molar-refractivity contribution in [1.82, 2.24) is 9.80 Å². The Morgan fingerprint density at radius 3 is 2.52 bits per heavy atom. The highest BCUT2D eigenvalue weighted by Gasteiger charge is 2.38. The zero-order valence-corrected chi connectivity index (χ0v) is 17.0. The fraction of sp³-hybridized carbons (Fsp3) is 0.286. The third-order valence-electron chi connectivity index (χ3n) is 5.02. The number of rotatable bonds is 4. The standard InChI is InChI=1S/C21H17F3N2O4S/c22-21(23,24)15-6-2-1-5-14(15)16-8-7-13(30-16)11-17-19(28)26(20(29)31-17)12-18(27)25-9-3-4-10-25/h1-2,5-8,11H,3-4,9-10,12H2/b17-11+. The van der Waals surface area contributed by atoms with Crippen molar-refractivity contribution in [3.8, 4) is 11.3 Å². The fourth-order valence-corrected chi connectivity index (χ4v) is 4.31. The number of halogens is 3. The van der Waals surface area contributed by atoms with E-state index in [1.54, 1.807) is 4.90 Å². The van der Waals surface area contributed by atoms with Gasteiger partial charge >= 0.3 is 6.18 Å². The summed E-state index contributed by atoms with van der Waals surface area (Å²) >= 11 is 0.661. The van der Waals surface area contributed by atoms with Crippen molar-refractivity contribution in [3.63, 3.8) is 0 Å². The summed E-state index contributed by atoms with van der Waals surface area (Å²) in [5.74, 6) is -0.799. The molecule has 3 heterocycles.